The molecule has 0 atom stereocenters. The topological polar surface area (TPSA) is 66.4 Å². The SMILES string of the molecule is CC(C)(CNC(=O)CCCCC(=O)O)c1cccs1. The molecule has 0 bridgehead atoms. The van der Waals surface area contributed by atoms with E-state index >= 15 is 0 Å². The Hall–Kier alpha value is -1.36. The second-order valence-corrected chi connectivity index (χ2v) is 6.19. The van der Waals surface area contributed by atoms with Crippen molar-refractivity contribution in [3.05, 3.63) is 22.4 Å². The molecule has 1 aromatic rings. The van der Waals surface area contributed by atoms with Gasteiger partial charge >= 0.3 is 5.97 Å². The van der Waals surface area contributed by atoms with Gasteiger partial charge in [0.25, 0.3) is 0 Å². The third kappa shape index (κ3) is 5.87. The molecular formula is C14H21NO3S. The van der Waals surface area contributed by atoms with Gasteiger partial charge < -0.3 is 10.4 Å². The Kier molecular flexibility index (Phi) is 6.02. The standard InChI is InChI=1S/C14H21NO3S/c1-14(2,11-6-5-9-19-11)10-15-12(16)7-3-4-8-13(17)18/h5-6,9H,3-4,7-8,10H2,1-2H3,(H,15,16)(H,17,18). The molecule has 1 heterocycles. The van der Waals surface area contributed by atoms with E-state index in [1.807, 2.05) is 11.4 Å². The maximum atomic E-state index is 11.6. The third-order valence-corrected chi connectivity index (χ3v) is 4.20. The van der Waals surface area contributed by atoms with E-state index in [1.165, 1.54) is 4.88 Å². The maximum Gasteiger partial charge on any atom is 0.303 e. The summed E-state index contributed by atoms with van der Waals surface area (Å²) in [6, 6.07) is 4.08. The molecule has 2 N–H and O–H groups in total. The van der Waals surface area contributed by atoms with Crippen LogP contribution in [0, 0.1) is 0 Å². The normalized spacial score (nSPS) is 11.3. The summed E-state index contributed by atoms with van der Waals surface area (Å²) >= 11 is 1.69. The lowest BCUT2D eigenvalue weighted by atomic mass is 9.91. The quantitative estimate of drug-likeness (QED) is 0.721. The zero-order valence-electron chi connectivity index (χ0n) is 11.4. The first-order chi connectivity index (χ1) is 8.92. The molecule has 0 radical (unpaired) electrons. The van der Waals surface area contributed by atoms with Crippen molar-refractivity contribution < 1.29 is 14.7 Å². The molecule has 0 unspecified atom stereocenters. The van der Waals surface area contributed by atoms with E-state index in [-0.39, 0.29) is 17.7 Å². The van der Waals surface area contributed by atoms with Crippen molar-refractivity contribution in [3.8, 4) is 0 Å². The lowest BCUT2D eigenvalue weighted by Gasteiger charge is -2.23. The van der Waals surface area contributed by atoms with Crippen molar-refractivity contribution in [3.63, 3.8) is 0 Å². The number of unbranched alkanes of at least 4 members (excludes halogenated alkanes) is 1. The van der Waals surface area contributed by atoms with Crippen LogP contribution < -0.4 is 5.32 Å². The molecule has 0 saturated heterocycles. The molecule has 1 aromatic heterocycles. The third-order valence-electron chi connectivity index (χ3n) is 2.96. The summed E-state index contributed by atoms with van der Waals surface area (Å²) in [7, 11) is 0. The van der Waals surface area contributed by atoms with E-state index in [2.05, 4.69) is 25.2 Å². The number of rotatable bonds is 8. The van der Waals surface area contributed by atoms with E-state index < -0.39 is 5.97 Å². The highest BCUT2D eigenvalue weighted by Gasteiger charge is 2.22. The van der Waals surface area contributed by atoms with Crippen LogP contribution in [0.5, 0.6) is 0 Å². The highest BCUT2D eigenvalue weighted by atomic mass is 32.1. The van der Waals surface area contributed by atoms with E-state index in [9.17, 15) is 9.59 Å². The van der Waals surface area contributed by atoms with Crippen molar-refractivity contribution in [2.45, 2.75) is 44.9 Å². The Bertz CT molecular complexity index is 412. The number of aliphatic carboxylic acids is 1. The molecular weight excluding hydrogens is 262 g/mol. The fourth-order valence-corrected chi connectivity index (χ4v) is 2.57. The molecule has 0 aliphatic rings. The number of nitrogens with one attached hydrogen (secondary N) is 1. The van der Waals surface area contributed by atoms with Gasteiger partial charge in [-0.2, -0.15) is 0 Å². The Labute approximate surface area is 117 Å². The monoisotopic (exact) mass is 283 g/mol. The van der Waals surface area contributed by atoms with Gasteiger partial charge in [-0.25, -0.2) is 0 Å². The molecule has 4 nitrogen and oxygen atoms in total. The minimum Gasteiger partial charge on any atom is -0.481 e. The van der Waals surface area contributed by atoms with Crippen LogP contribution in [0.2, 0.25) is 0 Å². The van der Waals surface area contributed by atoms with Crippen molar-refractivity contribution in [2.75, 3.05) is 6.54 Å². The predicted octanol–water partition coefficient (Wildman–Crippen LogP) is 2.79. The summed E-state index contributed by atoms with van der Waals surface area (Å²) < 4.78 is 0. The Morgan fingerprint density at radius 1 is 1.32 bits per heavy atom. The van der Waals surface area contributed by atoms with Crippen molar-refractivity contribution >= 4 is 23.2 Å². The van der Waals surface area contributed by atoms with E-state index in [4.69, 9.17) is 5.11 Å². The second-order valence-electron chi connectivity index (χ2n) is 5.24. The molecule has 106 valence electrons. The molecule has 19 heavy (non-hydrogen) atoms. The molecule has 1 rings (SSSR count). The first kappa shape index (κ1) is 15.7. The molecule has 5 heteroatoms. The maximum absolute atomic E-state index is 11.6. The van der Waals surface area contributed by atoms with Crippen LogP contribution in [0.3, 0.4) is 0 Å². The van der Waals surface area contributed by atoms with Gasteiger partial charge in [-0.15, -0.1) is 11.3 Å². The fourth-order valence-electron chi connectivity index (χ4n) is 1.72. The summed E-state index contributed by atoms with van der Waals surface area (Å²) in [5.41, 5.74) is -0.0646. The van der Waals surface area contributed by atoms with Gasteiger partial charge in [0, 0.05) is 29.7 Å². The summed E-state index contributed by atoms with van der Waals surface area (Å²) in [6.45, 7) is 4.80. The number of carbonyl (C=O) groups excluding carboxylic acids is 1. The molecule has 0 aliphatic carbocycles. The van der Waals surface area contributed by atoms with E-state index in [0.29, 0.717) is 25.8 Å². The zero-order valence-corrected chi connectivity index (χ0v) is 12.3. The number of carboxylic acids is 1. The van der Waals surface area contributed by atoms with Gasteiger partial charge in [-0.05, 0) is 24.3 Å². The summed E-state index contributed by atoms with van der Waals surface area (Å²) in [5, 5.41) is 13.4. The summed E-state index contributed by atoms with van der Waals surface area (Å²) in [4.78, 5) is 23.2. The van der Waals surface area contributed by atoms with Crippen LogP contribution >= 0.6 is 11.3 Å². The smallest absolute Gasteiger partial charge is 0.303 e. The molecule has 1 amide bonds. The number of hydrogen-bond donors (Lipinski definition) is 2. The Morgan fingerprint density at radius 2 is 2.00 bits per heavy atom. The van der Waals surface area contributed by atoms with Crippen LogP contribution in [-0.4, -0.2) is 23.5 Å². The second kappa shape index (κ2) is 7.28. The number of hydrogen-bond acceptors (Lipinski definition) is 3. The number of amides is 1. The highest BCUT2D eigenvalue weighted by Crippen LogP contribution is 2.26. The van der Waals surface area contributed by atoms with Crippen molar-refractivity contribution in [2.24, 2.45) is 0 Å². The molecule has 0 fully saturated rings. The van der Waals surface area contributed by atoms with Crippen molar-refractivity contribution in [1.29, 1.82) is 0 Å². The molecule has 0 spiro atoms. The summed E-state index contributed by atoms with van der Waals surface area (Å²) in [5.74, 6) is -0.811. The number of carbonyl (C=O) groups is 2. The first-order valence-corrected chi connectivity index (χ1v) is 7.32. The minimum atomic E-state index is -0.806. The lowest BCUT2D eigenvalue weighted by molar-refractivity contribution is -0.137. The van der Waals surface area contributed by atoms with Crippen LogP contribution in [0.15, 0.2) is 17.5 Å². The van der Waals surface area contributed by atoms with Crippen LogP contribution in [0.4, 0.5) is 0 Å². The van der Waals surface area contributed by atoms with Crippen LogP contribution in [0.1, 0.15) is 44.4 Å². The predicted molar refractivity (Wildman–Crippen MR) is 76.5 cm³/mol. The largest absolute Gasteiger partial charge is 0.481 e. The fraction of sp³-hybridized carbons (Fsp3) is 0.571. The van der Waals surface area contributed by atoms with Gasteiger partial charge in [-0.1, -0.05) is 19.9 Å². The van der Waals surface area contributed by atoms with Crippen LogP contribution in [0.25, 0.3) is 0 Å². The minimum absolute atomic E-state index is 0.00461. The molecule has 0 aliphatic heterocycles. The van der Waals surface area contributed by atoms with E-state index in [0.717, 1.165) is 0 Å². The highest BCUT2D eigenvalue weighted by molar-refractivity contribution is 7.10. The number of carboxylic acid groups (broad SMARTS) is 1. The van der Waals surface area contributed by atoms with Gasteiger partial charge in [0.05, 0.1) is 0 Å². The molecule has 0 aromatic carbocycles. The lowest BCUT2D eigenvalue weighted by Crippen LogP contribution is -2.36. The number of thiophene rings is 1. The van der Waals surface area contributed by atoms with Gasteiger partial charge in [0.1, 0.15) is 0 Å². The van der Waals surface area contributed by atoms with Crippen molar-refractivity contribution in [1.82, 2.24) is 5.32 Å². The summed E-state index contributed by atoms with van der Waals surface area (Å²) in [6.07, 6.45) is 1.70. The first-order valence-electron chi connectivity index (χ1n) is 6.44. The average molecular weight is 283 g/mol. The van der Waals surface area contributed by atoms with Crippen LogP contribution in [-0.2, 0) is 15.0 Å². The Balaban J connectivity index is 2.24. The zero-order chi connectivity index (χ0) is 14.3. The van der Waals surface area contributed by atoms with Gasteiger partial charge in [-0.3, -0.25) is 9.59 Å². The Morgan fingerprint density at radius 3 is 2.58 bits per heavy atom. The molecule has 0 saturated carbocycles. The average Bonchev–Trinajstić information content (AvgIpc) is 2.86. The van der Waals surface area contributed by atoms with Gasteiger partial charge in [0.2, 0.25) is 5.91 Å². The van der Waals surface area contributed by atoms with E-state index in [1.54, 1.807) is 11.3 Å². The van der Waals surface area contributed by atoms with Gasteiger partial charge in [0.15, 0.2) is 0 Å².